The van der Waals surface area contributed by atoms with Crippen LogP contribution in [-0.2, 0) is 19.3 Å². The SMILES string of the molecule is COC(=O)c1ccc(C2=CCC3(C)C(CCC4(C)C3CCC3C5C(C(C)(C)OC)CCC5(NCCN5CCS(=O)(=O)CC5)CCC34C)C2(C)C)cc1. The van der Waals surface area contributed by atoms with Gasteiger partial charge in [-0.05, 0) is 146 Å². The van der Waals surface area contributed by atoms with E-state index in [1.165, 1.54) is 69.6 Å². The molecule has 6 aliphatic rings. The molecule has 0 bridgehead atoms. The highest BCUT2D eigenvalue weighted by Crippen LogP contribution is 2.76. The lowest BCUT2D eigenvalue weighted by molar-refractivity contribution is -0.226. The van der Waals surface area contributed by atoms with Crippen LogP contribution in [0.5, 0.6) is 0 Å². The van der Waals surface area contributed by atoms with Gasteiger partial charge in [0.15, 0.2) is 9.84 Å². The molecule has 5 fully saturated rings. The quantitative estimate of drug-likeness (QED) is 0.271. The molecule has 0 aromatic heterocycles. The predicted molar refractivity (Wildman–Crippen MR) is 210 cm³/mol. The second kappa shape index (κ2) is 13.2. The molecule has 1 aliphatic heterocycles. The van der Waals surface area contributed by atoms with Crippen molar-refractivity contribution in [3.05, 3.63) is 41.5 Å². The summed E-state index contributed by atoms with van der Waals surface area (Å²) >= 11 is 0. The van der Waals surface area contributed by atoms with Gasteiger partial charge in [0, 0.05) is 38.8 Å². The van der Waals surface area contributed by atoms with Gasteiger partial charge in [0.05, 0.1) is 29.8 Å². The third-order valence-corrected chi connectivity index (χ3v) is 19.0. The molecule has 0 amide bonds. The van der Waals surface area contributed by atoms with Crippen molar-refractivity contribution < 1.29 is 22.7 Å². The summed E-state index contributed by atoms with van der Waals surface area (Å²) in [5.74, 6) is 3.29. The van der Waals surface area contributed by atoms with Crippen LogP contribution in [0, 0.1) is 51.2 Å². The van der Waals surface area contributed by atoms with Gasteiger partial charge in [-0.3, -0.25) is 0 Å². The Morgan fingerprint density at radius 2 is 1.58 bits per heavy atom. The molecule has 0 radical (unpaired) electrons. The third kappa shape index (κ3) is 5.89. The Morgan fingerprint density at radius 1 is 0.885 bits per heavy atom. The molecule has 290 valence electrons. The average molecular weight is 737 g/mol. The zero-order valence-corrected chi connectivity index (χ0v) is 34.6. The number of sulfone groups is 1. The Hall–Kier alpha value is -1.74. The molecule has 9 unspecified atom stereocenters. The van der Waals surface area contributed by atoms with Gasteiger partial charge in [-0.1, -0.05) is 52.8 Å². The number of rotatable bonds is 8. The number of hydrogen-bond donors (Lipinski definition) is 1. The first-order valence-corrected chi connectivity index (χ1v) is 22.3. The molecule has 1 heterocycles. The highest BCUT2D eigenvalue weighted by Gasteiger charge is 2.71. The average Bonchev–Trinajstić information content (AvgIpc) is 3.49. The van der Waals surface area contributed by atoms with Gasteiger partial charge < -0.3 is 19.7 Å². The van der Waals surface area contributed by atoms with Crippen molar-refractivity contribution in [2.24, 2.45) is 51.2 Å². The number of carbonyl (C=O) groups excluding carboxylic acids is 1. The summed E-state index contributed by atoms with van der Waals surface area (Å²) in [5, 5.41) is 4.24. The minimum absolute atomic E-state index is 0.0298. The fourth-order valence-electron chi connectivity index (χ4n) is 14.3. The summed E-state index contributed by atoms with van der Waals surface area (Å²) in [7, 11) is 0.488. The fourth-order valence-corrected chi connectivity index (χ4v) is 15.5. The van der Waals surface area contributed by atoms with Crippen molar-refractivity contribution in [2.75, 3.05) is 51.9 Å². The van der Waals surface area contributed by atoms with Crippen LogP contribution in [-0.4, -0.2) is 82.3 Å². The van der Waals surface area contributed by atoms with Crippen LogP contribution >= 0.6 is 0 Å². The molecular weight excluding hydrogens is 669 g/mol. The van der Waals surface area contributed by atoms with Crippen LogP contribution in [0.2, 0.25) is 0 Å². The first-order chi connectivity index (χ1) is 24.4. The summed E-state index contributed by atoms with van der Waals surface area (Å²) in [5.41, 5.74) is 3.99. The fraction of sp³-hybridized carbons (Fsp3) is 0.795. The van der Waals surface area contributed by atoms with Crippen molar-refractivity contribution in [2.45, 2.75) is 117 Å². The first kappa shape index (κ1) is 38.5. The molecule has 1 aromatic carbocycles. The van der Waals surface area contributed by atoms with E-state index in [2.05, 4.69) is 76.9 Å². The van der Waals surface area contributed by atoms with Crippen LogP contribution in [0.1, 0.15) is 122 Å². The van der Waals surface area contributed by atoms with Crippen molar-refractivity contribution in [1.29, 1.82) is 0 Å². The highest BCUT2D eigenvalue weighted by atomic mass is 32.2. The second-order valence-electron chi connectivity index (χ2n) is 19.8. The second-order valence-corrected chi connectivity index (χ2v) is 22.1. The molecule has 9 atom stereocenters. The Labute approximate surface area is 315 Å². The van der Waals surface area contributed by atoms with Crippen LogP contribution in [0.15, 0.2) is 30.3 Å². The van der Waals surface area contributed by atoms with E-state index in [1.54, 1.807) is 0 Å². The Bertz CT molecular complexity index is 1650. The maximum absolute atomic E-state index is 12.2. The van der Waals surface area contributed by atoms with Gasteiger partial charge in [-0.25, -0.2) is 13.2 Å². The van der Waals surface area contributed by atoms with Crippen molar-refractivity contribution in [3.63, 3.8) is 0 Å². The number of methoxy groups -OCH3 is 2. The molecule has 7 nitrogen and oxygen atoms in total. The van der Waals surface area contributed by atoms with E-state index in [0.29, 0.717) is 59.7 Å². The van der Waals surface area contributed by atoms with Gasteiger partial charge in [0.1, 0.15) is 0 Å². The van der Waals surface area contributed by atoms with Gasteiger partial charge in [-0.15, -0.1) is 0 Å². The number of benzene rings is 1. The van der Waals surface area contributed by atoms with Crippen molar-refractivity contribution in [1.82, 2.24) is 10.2 Å². The topological polar surface area (TPSA) is 84.9 Å². The molecule has 0 spiro atoms. The number of nitrogens with one attached hydrogen (secondary N) is 1. The van der Waals surface area contributed by atoms with E-state index < -0.39 is 9.84 Å². The minimum Gasteiger partial charge on any atom is -0.465 e. The highest BCUT2D eigenvalue weighted by molar-refractivity contribution is 7.91. The van der Waals surface area contributed by atoms with Gasteiger partial charge in [-0.2, -0.15) is 0 Å². The monoisotopic (exact) mass is 736 g/mol. The maximum atomic E-state index is 12.2. The number of carbonyl (C=O) groups is 1. The summed E-state index contributed by atoms with van der Waals surface area (Å²) in [4.78, 5) is 14.5. The van der Waals surface area contributed by atoms with Gasteiger partial charge in [0.2, 0.25) is 0 Å². The molecule has 4 saturated carbocycles. The lowest BCUT2D eigenvalue weighted by Crippen LogP contribution is -2.68. The summed E-state index contributed by atoms with van der Waals surface area (Å²) in [6, 6.07) is 8.09. The van der Waals surface area contributed by atoms with E-state index in [4.69, 9.17) is 9.47 Å². The molecule has 52 heavy (non-hydrogen) atoms. The summed E-state index contributed by atoms with van der Waals surface area (Å²) in [6.07, 6.45) is 13.7. The molecule has 1 N–H and O–H groups in total. The van der Waals surface area contributed by atoms with Gasteiger partial charge in [0.25, 0.3) is 0 Å². The molecular formula is C44H68N2O5S. The normalized spacial score (nSPS) is 41.2. The minimum atomic E-state index is -2.87. The van der Waals surface area contributed by atoms with E-state index in [9.17, 15) is 13.2 Å². The zero-order chi connectivity index (χ0) is 37.5. The largest absolute Gasteiger partial charge is 0.465 e. The Kier molecular flexibility index (Phi) is 9.77. The number of ether oxygens (including phenoxy) is 2. The maximum Gasteiger partial charge on any atom is 0.337 e. The van der Waals surface area contributed by atoms with Crippen LogP contribution < -0.4 is 5.32 Å². The Balaban J connectivity index is 1.16. The van der Waals surface area contributed by atoms with E-state index >= 15 is 0 Å². The summed E-state index contributed by atoms with van der Waals surface area (Å²) < 4.78 is 35.5. The predicted octanol–water partition coefficient (Wildman–Crippen LogP) is 8.05. The lowest BCUT2D eigenvalue weighted by atomic mass is 9.32. The standard InChI is InChI=1S/C44H68N2O5S/c1-39(2)32(30-10-12-31(13-11-30)38(47)50-8)16-19-41(5)35(39)18-20-43(7)36(41)15-14-34-37-33(40(3,4)51-9)17-21-44(37,23-22-42(34,43)6)45-24-25-46-26-28-52(48,49)29-27-46/h10-13,16,33-37,45H,14-15,17-29H2,1-9H3. The van der Waals surface area contributed by atoms with E-state index in [0.717, 1.165) is 19.5 Å². The molecule has 1 saturated heterocycles. The number of nitrogens with zero attached hydrogens (tertiary/aromatic N) is 1. The van der Waals surface area contributed by atoms with Crippen molar-refractivity contribution in [3.8, 4) is 0 Å². The smallest absolute Gasteiger partial charge is 0.337 e. The van der Waals surface area contributed by atoms with Crippen LogP contribution in [0.3, 0.4) is 0 Å². The first-order valence-electron chi connectivity index (χ1n) is 20.5. The molecule has 8 heteroatoms. The molecule has 1 aromatic rings. The van der Waals surface area contributed by atoms with E-state index in [1.807, 2.05) is 19.2 Å². The number of esters is 1. The summed E-state index contributed by atoms with van der Waals surface area (Å²) in [6.45, 7) is 20.9. The number of allylic oxidation sites excluding steroid dienone is 2. The van der Waals surface area contributed by atoms with Gasteiger partial charge >= 0.3 is 5.97 Å². The lowest BCUT2D eigenvalue weighted by Gasteiger charge is -2.72. The van der Waals surface area contributed by atoms with Crippen LogP contribution in [0.4, 0.5) is 0 Å². The number of fused-ring (bicyclic) bond motifs is 7. The zero-order valence-electron chi connectivity index (χ0n) is 33.8. The molecule has 7 rings (SSSR count). The number of hydrogen-bond acceptors (Lipinski definition) is 7. The molecule has 5 aliphatic carbocycles. The Morgan fingerprint density at radius 3 is 2.23 bits per heavy atom. The van der Waals surface area contributed by atoms with E-state index in [-0.39, 0.29) is 38.8 Å². The third-order valence-electron chi connectivity index (χ3n) is 17.4. The van der Waals surface area contributed by atoms with Crippen LogP contribution in [0.25, 0.3) is 5.57 Å². The van der Waals surface area contributed by atoms with Crippen molar-refractivity contribution >= 4 is 21.4 Å².